The Morgan fingerprint density at radius 3 is 0.705 bits per heavy atom. The first kappa shape index (κ1) is 59.5. The zero-order chi connectivity index (χ0) is 46.2. The third-order valence-electron chi connectivity index (χ3n) is 7.10. The van der Waals surface area contributed by atoms with Crippen molar-refractivity contribution in [1.82, 2.24) is 0 Å². The van der Waals surface area contributed by atoms with Gasteiger partial charge in [0.2, 0.25) is 0 Å². The van der Waals surface area contributed by atoms with Crippen molar-refractivity contribution >= 4 is 0 Å². The summed E-state index contributed by atoms with van der Waals surface area (Å²) in [6, 6.07) is 0. The molecular formula is C34H57F13O14. The molecule has 0 amide bonds. The SMILES string of the molecule is CC(O)COCCOCCOCCOCCOCCOCCOCCOCCOCCOCCOCCOCCOCC(F)(F)C(F)(F)C(F)(F)C(F)(F)C(F)(F)C(F)(F)F. The summed E-state index contributed by atoms with van der Waals surface area (Å²) in [7, 11) is 0. The van der Waals surface area contributed by atoms with Gasteiger partial charge in [0.05, 0.1) is 171 Å². The van der Waals surface area contributed by atoms with Crippen molar-refractivity contribution in [3.8, 4) is 0 Å². The first-order valence-electron chi connectivity index (χ1n) is 18.8. The standard InChI is InChI=1S/C34H57F13O14/c1-28(48)26-60-24-22-58-20-18-56-16-14-54-12-10-52-8-6-50-4-2-49-3-5-51-7-9-53-11-13-55-15-17-57-19-21-59-23-25-61-27-29(35,36)30(37,38)31(39,40)32(41,42)33(43,44)34(45,46)47/h28,48H,2-27H2,1H3. The summed E-state index contributed by atoms with van der Waals surface area (Å²) < 4.78 is 237. The van der Waals surface area contributed by atoms with Crippen LogP contribution < -0.4 is 0 Å². The van der Waals surface area contributed by atoms with Crippen LogP contribution in [0.5, 0.6) is 0 Å². The highest BCUT2D eigenvalue weighted by Gasteiger charge is 2.90. The Balaban J connectivity index is 3.52. The van der Waals surface area contributed by atoms with Gasteiger partial charge in [-0.05, 0) is 6.92 Å². The van der Waals surface area contributed by atoms with E-state index in [0.29, 0.717) is 106 Å². The minimum atomic E-state index is -7.95. The van der Waals surface area contributed by atoms with Crippen LogP contribution in [0.3, 0.4) is 0 Å². The van der Waals surface area contributed by atoms with Crippen molar-refractivity contribution in [2.75, 3.05) is 172 Å². The minimum absolute atomic E-state index is 0.0752. The molecule has 14 nitrogen and oxygen atoms in total. The zero-order valence-corrected chi connectivity index (χ0v) is 33.6. The van der Waals surface area contributed by atoms with Crippen molar-refractivity contribution in [3.05, 3.63) is 0 Å². The molecule has 0 fully saturated rings. The van der Waals surface area contributed by atoms with E-state index in [2.05, 4.69) is 4.74 Å². The number of halogens is 13. The van der Waals surface area contributed by atoms with Gasteiger partial charge in [-0.2, -0.15) is 57.1 Å². The fourth-order valence-electron chi connectivity index (χ4n) is 3.88. The molecule has 368 valence electrons. The second kappa shape index (κ2) is 33.1. The van der Waals surface area contributed by atoms with Crippen molar-refractivity contribution in [3.63, 3.8) is 0 Å². The van der Waals surface area contributed by atoms with E-state index in [0.717, 1.165) is 0 Å². The first-order valence-corrected chi connectivity index (χ1v) is 18.8. The number of rotatable bonds is 44. The minimum Gasteiger partial charge on any atom is -0.391 e. The predicted octanol–water partition coefficient (Wildman–Crippen LogP) is 4.32. The van der Waals surface area contributed by atoms with Crippen LogP contribution in [0.1, 0.15) is 6.92 Å². The quantitative estimate of drug-likeness (QED) is 0.0686. The summed E-state index contributed by atoms with van der Waals surface area (Å²) in [5.41, 5.74) is 0. The van der Waals surface area contributed by atoms with Gasteiger partial charge in [0.1, 0.15) is 6.61 Å². The van der Waals surface area contributed by atoms with E-state index in [-0.39, 0.29) is 46.2 Å². The molecule has 0 rings (SSSR count). The van der Waals surface area contributed by atoms with Gasteiger partial charge < -0.3 is 66.7 Å². The Morgan fingerprint density at radius 2 is 0.492 bits per heavy atom. The highest BCUT2D eigenvalue weighted by molar-refractivity contribution is 5.10. The topological polar surface area (TPSA) is 140 Å². The molecular weight excluding hydrogens is 879 g/mol. The number of hydrogen-bond acceptors (Lipinski definition) is 14. The molecule has 0 aromatic carbocycles. The number of hydrogen-bond donors (Lipinski definition) is 1. The molecule has 1 unspecified atom stereocenters. The highest BCUT2D eigenvalue weighted by Crippen LogP contribution is 2.60. The Hall–Kier alpha value is -1.47. The van der Waals surface area contributed by atoms with Gasteiger partial charge in [0, 0.05) is 0 Å². The van der Waals surface area contributed by atoms with E-state index < -0.39 is 61.7 Å². The number of aliphatic hydroxyl groups excluding tert-OH is 1. The Morgan fingerprint density at radius 1 is 0.295 bits per heavy atom. The number of ether oxygens (including phenoxy) is 13. The molecule has 0 heterocycles. The van der Waals surface area contributed by atoms with Gasteiger partial charge in [0.15, 0.2) is 0 Å². The van der Waals surface area contributed by atoms with E-state index in [1.54, 1.807) is 6.92 Å². The van der Waals surface area contributed by atoms with Gasteiger partial charge >= 0.3 is 35.8 Å². The predicted molar refractivity (Wildman–Crippen MR) is 183 cm³/mol. The Kier molecular flexibility index (Phi) is 32.3. The Bertz CT molecular complexity index is 1040. The van der Waals surface area contributed by atoms with Crippen LogP contribution in [0, 0.1) is 0 Å². The second-order valence-corrected chi connectivity index (χ2v) is 12.2. The van der Waals surface area contributed by atoms with Crippen LogP contribution in [0.15, 0.2) is 0 Å². The second-order valence-electron chi connectivity index (χ2n) is 12.2. The molecule has 0 aliphatic heterocycles. The summed E-state index contributed by atoms with van der Waals surface area (Å²) in [6.07, 6.45) is -7.96. The maximum absolute atomic E-state index is 13.6. The fraction of sp³-hybridized carbons (Fsp3) is 1.00. The van der Waals surface area contributed by atoms with Gasteiger partial charge in [0.25, 0.3) is 0 Å². The van der Waals surface area contributed by atoms with Gasteiger partial charge in [-0.15, -0.1) is 0 Å². The smallest absolute Gasteiger partial charge is 0.391 e. The van der Waals surface area contributed by atoms with Crippen molar-refractivity contribution in [2.45, 2.75) is 48.8 Å². The number of aliphatic hydroxyl groups is 1. The molecule has 0 aliphatic rings. The molecule has 27 heteroatoms. The van der Waals surface area contributed by atoms with Crippen molar-refractivity contribution in [1.29, 1.82) is 0 Å². The third kappa shape index (κ3) is 25.0. The molecule has 0 saturated heterocycles. The molecule has 1 N–H and O–H groups in total. The fourth-order valence-corrected chi connectivity index (χ4v) is 3.88. The van der Waals surface area contributed by atoms with Crippen LogP contribution in [0.2, 0.25) is 0 Å². The summed E-state index contributed by atoms with van der Waals surface area (Å²) in [5.74, 6) is -37.3. The largest absolute Gasteiger partial charge is 0.460 e. The van der Waals surface area contributed by atoms with Gasteiger partial charge in [-0.3, -0.25) is 0 Å². The molecule has 0 aromatic heterocycles. The van der Waals surface area contributed by atoms with E-state index in [9.17, 15) is 57.1 Å². The van der Waals surface area contributed by atoms with Crippen LogP contribution in [0.4, 0.5) is 57.1 Å². The lowest BCUT2D eigenvalue weighted by Crippen LogP contribution is -2.70. The third-order valence-corrected chi connectivity index (χ3v) is 7.10. The molecule has 0 aliphatic carbocycles. The molecule has 61 heavy (non-hydrogen) atoms. The summed E-state index contributed by atoms with van der Waals surface area (Å²) >= 11 is 0. The first-order chi connectivity index (χ1) is 28.7. The van der Waals surface area contributed by atoms with E-state index in [4.69, 9.17) is 61.9 Å². The van der Waals surface area contributed by atoms with E-state index in [1.807, 2.05) is 0 Å². The maximum Gasteiger partial charge on any atom is 0.460 e. The molecule has 0 aromatic rings. The van der Waals surface area contributed by atoms with Gasteiger partial charge in [-0.1, -0.05) is 0 Å². The van der Waals surface area contributed by atoms with Crippen molar-refractivity contribution < 1.29 is 124 Å². The lowest BCUT2D eigenvalue weighted by molar-refractivity contribution is -0.441. The normalized spacial score (nSPS) is 14.0. The van der Waals surface area contributed by atoms with Crippen LogP contribution in [-0.4, -0.2) is 219 Å². The molecule has 0 bridgehead atoms. The average molecular weight is 937 g/mol. The van der Waals surface area contributed by atoms with Crippen molar-refractivity contribution in [2.24, 2.45) is 0 Å². The highest BCUT2D eigenvalue weighted by atomic mass is 19.4. The maximum atomic E-state index is 13.6. The Labute approximate surface area is 344 Å². The van der Waals surface area contributed by atoms with Crippen LogP contribution in [0.25, 0.3) is 0 Å². The molecule has 0 radical (unpaired) electrons. The monoisotopic (exact) mass is 936 g/mol. The van der Waals surface area contributed by atoms with Crippen LogP contribution in [-0.2, 0) is 61.6 Å². The van der Waals surface area contributed by atoms with Crippen LogP contribution >= 0.6 is 0 Å². The molecule has 0 spiro atoms. The van der Waals surface area contributed by atoms with E-state index in [1.165, 1.54) is 0 Å². The zero-order valence-electron chi connectivity index (χ0n) is 33.6. The lowest BCUT2D eigenvalue weighted by atomic mass is 9.94. The van der Waals surface area contributed by atoms with Gasteiger partial charge in [-0.25, -0.2) is 0 Å². The van der Waals surface area contributed by atoms with E-state index >= 15 is 0 Å². The molecule has 1 atom stereocenters. The molecule has 0 saturated carbocycles. The number of alkyl halides is 13. The summed E-state index contributed by atoms with van der Waals surface area (Å²) in [4.78, 5) is 0. The summed E-state index contributed by atoms with van der Waals surface area (Å²) in [6.45, 7) is 4.25. The average Bonchev–Trinajstić information content (AvgIpc) is 3.17. The summed E-state index contributed by atoms with van der Waals surface area (Å²) in [5, 5.41) is 9.05. The lowest BCUT2D eigenvalue weighted by Gasteiger charge is -2.39.